The number of benzene rings is 1. The molecule has 4 heteroatoms. The van der Waals surface area contributed by atoms with Gasteiger partial charge in [0.1, 0.15) is 0 Å². The molecule has 0 saturated heterocycles. The monoisotopic (exact) mass is 302 g/mol. The van der Waals surface area contributed by atoms with Crippen molar-refractivity contribution in [3.05, 3.63) is 28.7 Å². The molecule has 0 spiro atoms. The van der Waals surface area contributed by atoms with Gasteiger partial charge in [-0.2, -0.15) is 0 Å². The molecule has 0 fully saturated rings. The Morgan fingerprint density at radius 3 is 2.19 bits per heavy atom. The highest BCUT2D eigenvalue weighted by molar-refractivity contribution is 9.10. The number of rotatable bonds is 6. The van der Waals surface area contributed by atoms with E-state index in [-0.39, 0.29) is 0 Å². The van der Waals surface area contributed by atoms with Crippen molar-refractivity contribution in [2.24, 2.45) is 0 Å². The fourth-order valence-corrected chi connectivity index (χ4v) is 5.31. The van der Waals surface area contributed by atoms with Gasteiger partial charge in [0.25, 0.3) is 0 Å². The molecular weight excluding hydrogens is 284 g/mol. The van der Waals surface area contributed by atoms with E-state index in [9.17, 15) is 0 Å². The molecule has 0 aliphatic heterocycles. The van der Waals surface area contributed by atoms with Crippen LogP contribution in [0.2, 0.25) is 6.04 Å². The van der Waals surface area contributed by atoms with E-state index in [1.54, 1.807) is 0 Å². The number of halogens is 1. The first-order chi connectivity index (χ1) is 7.68. The molecule has 1 aromatic rings. The van der Waals surface area contributed by atoms with E-state index in [1.807, 2.05) is 26.0 Å². The topological polar surface area (TPSA) is 18.5 Å². The second-order valence-corrected chi connectivity index (χ2v) is 7.77. The predicted molar refractivity (Wildman–Crippen MR) is 73.3 cm³/mol. The molecule has 0 bridgehead atoms. The van der Waals surface area contributed by atoms with Gasteiger partial charge in [0.2, 0.25) is 0 Å². The average Bonchev–Trinajstić information content (AvgIpc) is 2.28. The first-order valence-electron chi connectivity index (χ1n) is 5.72. The highest BCUT2D eigenvalue weighted by Gasteiger charge is 2.37. The zero-order chi connectivity index (χ0) is 12.0. The third kappa shape index (κ3) is 3.17. The molecule has 0 radical (unpaired) electrons. The fraction of sp³-hybridized carbons (Fsp3) is 0.500. The molecule has 2 nitrogen and oxygen atoms in total. The zero-order valence-electron chi connectivity index (χ0n) is 10.1. The van der Waals surface area contributed by atoms with Gasteiger partial charge in [0.05, 0.1) is 0 Å². The maximum absolute atomic E-state index is 5.96. The maximum Gasteiger partial charge on any atom is 0.372 e. The molecule has 0 unspecified atom stereocenters. The lowest BCUT2D eigenvalue weighted by Gasteiger charge is -2.29. The van der Waals surface area contributed by atoms with Crippen LogP contribution in [-0.4, -0.2) is 21.8 Å². The third-order valence-electron chi connectivity index (χ3n) is 2.48. The van der Waals surface area contributed by atoms with Crippen LogP contribution >= 0.6 is 15.9 Å². The molecule has 1 rings (SSSR count). The van der Waals surface area contributed by atoms with Crippen molar-refractivity contribution in [3.8, 4) is 0 Å². The zero-order valence-corrected chi connectivity index (χ0v) is 12.7. The second kappa shape index (κ2) is 6.54. The van der Waals surface area contributed by atoms with Gasteiger partial charge >= 0.3 is 8.56 Å². The van der Waals surface area contributed by atoms with E-state index in [4.69, 9.17) is 8.85 Å². The highest BCUT2D eigenvalue weighted by atomic mass is 79.9. The van der Waals surface area contributed by atoms with Gasteiger partial charge in [0, 0.05) is 17.7 Å². The largest absolute Gasteiger partial charge is 0.391 e. The van der Waals surface area contributed by atoms with Crippen LogP contribution in [0.15, 0.2) is 28.7 Å². The average molecular weight is 303 g/mol. The van der Waals surface area contributed by atoms with Crippen LogP contribution in [0.1, 0.15) is 20.8 Å². The van der Waals surface area contributed by atoms with Gasteiger partial charge in [-0.1, -0.05) is 35.0 Å². The third-order valence-corrected chi connectivity index (χ3v) is 6.61. The Balaban J connectivity index is 3.07. The van der Waals surface area contributed by atoms with Crippen LogP contribution in [0.5, 0.6) is 0 Å². The summed E-state index contributed by atoms with van der Waals surface area (Å²) in [5.41, 5.74) is 0. The van der Waals surface area contributed by atoms with Crippen molar-refractivity contribution in [1.29, 1.82) is 0 Å². The quantitative estimate of drug-likeness (QED) is 0.751. The Morgan fingerprint density at radius 2 is 1.75 bits per heavy atom. The van der Waals surface area contributed by atoms with Gasteiger partial charge in [0.15, 0.2) is 0 Å². The molecule has 0 aromatic heterocycles. The second-order valence-electron chi connectivity index (χ2n) is 3.48. The lowest BCUT2D eigenvalue weighted by Crippen LogP contribution is -2.53. The Labute approximate surface area is 107 Å². The Morgan fingerprint density at radius 1 is 1.12 bits per heavy atom. The molecule has 0 atom stereocenters. The Kier molecular flexibility index (Phi) is 5.68. The van der Waals surface area contributed by atoms with Gasteiger partial charge in [-0.25, -0.2) is 0 Å². The van der Waals surface area contributed by atoms with Gasteiger partial charge in [-0.05, 0) is 37.2 Å². The molecule has 16 heavy (non-hydrogen) atoms. The fourth-order valence-electron chi connectivity index (χ4n) is 1.81. The molecule has 0 N–H and O–H groups in total. The van der Waals surface area contributed by atoms with Crippen LogP contribution in [0.3, 0.4) is 0 Å². The summed E-state index contributed by atoms with van der Waals surface area (Å²) in [5, 5.41) is 1.20. The van der Waals surface area contributed by atoms with E-state index in [1.165, 1.54) is 5.19 Å². The van der Waals surface area contributed by atoms with Gasteiger partial charge < -0.3 is 8.85 Å². The van der Waals surface area contributed by atoms with E-state index >= 15 is 0 Å². The van der Waals surface area contributed by atoms with Crippen LogP contribution in [-0.2, 0) is 8.85 Å². The summed E-state index contributed by atoms with van der Waals surface area (Å²) in [5.74, 6) is 0. The van der Waals surface area contributed by atoms with Crippen LogP contribution in [0, 0.1) is 0 Å². The first-order valence-corrected chi connectivity index (χ1v) is 8.54. The smallest absolute Gasteiger partial charge is 0.372 e. The maximum atomic E-state index is 5.96. The van der Waals surface area contributed by atoms with Crippen molar-refractivity contribution >= 4 is 29.7 Å². The lowest BCUT2D eigenvalue weighted by atomic mass is 10.4. The van der Waals surface area contributed by atoms with Crippen LogP contribution in [0.4, 0.5) is 0 Å². The Bertz CT molecular complexity index is 325. The predicted octanol–water partition coefficient (Wildman–Crippen LogP) is 3.19. The van der Waals surface area contributed by atoms with Gasteiger partial charge in [-0.15, -0.1) is 0 Å². The summed E-state index contributed by atoms with van der Waals surface area (Å²) >= 11 is 3.50. The minimum Gasteiger partial charge on any atom is -0.391 e. The molecule has 0 saturated carbocycles. The summed E-state index contributed by atoms with van der Waals surface area (Å²) in [7, 11) is -2.21. The van der Waals surface area contributed by atoms with E-state index < -0.39 is 8.56 Å². The number of hydrogen-bond donors (Lipinski definition) is 0. The Hall–Kier alpha value is -0.163. The molecule has 0 amide bonds. The summed E-state index contributed by atoms with van der Waals surface area (Å²) in [6.07, 6.45) is 0. The van der Waals surface area contributed by atoms with Crippen molar-refractivity contribution in [2.45, 2.75) is 26.8 Å². The molecule has 90 valence electrons. The minimum absolute atomic E-state index is 0.701. The molecule has 0 heterocycles. The van der Waals surface area contributed by atoms with Crippen molar-refractivity contribution < 1.29 is 8.85 Å². The van der Waals surface area contributed by atoms with Gasteiger partial charge in [-0.3, -0.25) is 0 Å². The molecule has 1 aromatic carbocycles. The number of hydrogen-bond acceptors (Lipinski definition) is 2. The van der Waals surface area contributed by atoms with Crippen molar-refractivity contribution in [1.82, 2.24) is 0 Å². The SMILES string of the molecule is CCO[Si](CC)(OCC)c1cccc(Br)c1. The first kappa shape index (κ1) is 13.9. The van der Waals surface area contributed by atoms with E-state index in [0.29, 0.717) is 13.2 Å². The normalized spacial score (nSPS) is 11.8. The van der Waals surface area contributed by atoms with Crippen molar-refractivity contribution in [2.75, 3.05) is 13.2 Å². The summed E-state index contributed by atoms with van der Waals surface area (Å²) in [4.78, 5) is 0. The summed E-state index contributed by atoms with van der Waals surface area (Å²) in [6.45, 7) is 7.58. The highest BCUT2D eigenvalue weighted by Crippen LogP contribution is 2.16. The molecule has 0 aliphatic rings. The van der Waals surface area contributed by atoms with Crippen LogP contribution < -0.4 is 5.19 Å². The van der Waals surface area contributed by atoms with Crippen LogP contribution in [0.25, 0.3) is 0 Å². The lowest BCUT2D eigenvalue weighted by molar-refractivity contribution is 0.197. The summed E-state index contributed by atoms with van der Waals surface area (Å²) in [6, 6.07) is 9.21. The standard InChI is InChI=1S/C12H19BrO2Si/c1-4-14-16(6-3,15-5-2)12-9-7-8-11(13)10-12/h7-10H,4-6H2,1-3H3. The van der Waals surface area contributed by atoms with E-state index in [0.717, 1.165) is 10.5 Å². The molecule has 0 aliphatic carbocycles. The summed E-state index contributed by atoms with van der Waals surface area (Å²) < 4.78 is 13.0. The molecular formula is C12H19BrO2Si. The van der Waals surface area contributed by atoms with Crippen molar-refractivity contribution in [3.63, 3.8) is 0 Å². The minimum atomic E-state index is -2.21. The van der Waals surface area contributed by atoms with E-state index in [2.05, 4.69) is 35.0 Å².